The van der Waals surface area contributed by atoms with Gasteiger partial charge >= 0.3 is 0 Å². The second-order valence-electron chi connectivity index (χ2n) is 5.08. The van der Waals surface area contributed by atoms with Crippen LogP contribution in [0.2, 0.25) is 0 Å². The molecule has 1 aliphatic rings. The molecular weight excluding hydrogens is 376 g/mol. The van der Waals surface area contributed by atoms with Gasteiger partial charge < -0.3 is 10.6 Å². The van der Waals surface area contributed by atoms with Gasteiger partial charge in [0.25, 0.3) is 11.8 Å². The first-order valence-electron chi connectivity index (χ1n) is 6.84. The Labute approximate surface area is 146 Å². The van der Waals surface area contributed by atoms with E-state index in [-0.39, 0.29) is 16.3 Å². The highest BCUT2D eigenvalue weighted by Gasteiger charge is 2.24. The van der Waals surface area contributed by atoms with Gasteiger partial charge in [-0.25, -0.2) is 0 Å². The van der Waals surface area contributed by atoms with Crippen molar-refractivity contribution in [3.8, 4) is 0 Å². The zero-order valence-corrected chi connectivity index (χ0v) is 14.7. The number of hydrogen-bond acceptors (Lipinski definition) is 3. The molecule has 4 nitrogen and oxygen atoms in total. The van der Waals surface area contributed by atoms with E-state index in [2.05, 4.69) is 33.1 Å². The fourth-order valence-electron chi connectivity index (χ4n) is 2.28. The molecule has 0 spiro atoms. The van der Waals surface area contributed by atoms with Crippen molar-refractivity contribution in [3.63, 3.8) is 0 Å². The van der Waals surface area contributed by atoms with E-state index in [9.17, 15) is 9.59 Å². The SMILES string of the molecule is C=C(Br)C(=O)Nc1ccc2c(c1)/C(=C/c1ccc(C)s1)C(=O)N2. The lowest BCUT2D eigenvalue weighted by Crippen LogP contribution is -2.10. The molecule has 0 fully saturated rings. The van der Waals surface area contributed by atoms with E-state index in [1.54, 1.807) is 29.5 Å². The van der Waals surface area contributed by atoms with E-state index in [1.807, 2.05) is 25.1 Å². The lowest BCUT2D eigenvalue weighted by atomic mass is 10.1. The average Bonchev–Trinajstić information content (AvgIpc) is 3.04. The molecule has 6 heteroatoms. The van der Waals surface area contributed by atoms with Crippen LogP contribution in [0.1, 0.15) is 15.3 Å². The summed E-state index contributed by atoms with van der Waals surface area (Å²) in [6, 6.07) is 9.31. The van der Waals surface area contributed by atoms with Gasteiger partial charge in [0.1, 0.15) is 0 Å². The Bertz CT molecular complexity index is 867. The third-order valence-electron chi connectivity index (χ3n) is 3.35. The predicted octanol–water partition coefficient (Wildman–Crippen LogP) is 4.40. The Morgan fingerprint density at radius 2 is 2.13 bits per heavy atom. The number of carbonyl (C=O) groups excluding carboxylic acids is 2. The molecule has 1 aliphatic heterocycles. The summed E-state index contributed by atoms with van der Waals surface area (Å²) in [7, 11) is 0. The van der Waals surface area contributed by atoms with Crippen LogP contribution in [-0.4, -0.2) is 11.8 Å². The number of fused-ring (bicyclic) bond motifs is 1. The summed E-state index contributed by atoms with van der Waals surface area (Å²) in [6.07, 6.45) is 1.87. The van der Waals surface area contributed by atoms with Gasteiger partial charge in [-0.3, -0.25) is 9.59 Å². The molecule has 3 rings (SSSR count). The van der Waals surface area contributed by atoms with E-state index >= 15 is 0 Å². The van der Waals surface area contributed by atoms with Crippen molar-refractivity contribution >= 4 is 62.1 Å². The number of amides is 2. The van der Waals surface area contributed by atoms with E-state index < -0.39 is 0 Å². The number of carbonyl (C=O) groups is 2. The molecule has 0 saturated heterocycles. The van der Waals surface area contributed by atoms with Crippen molar-refractivity contribution in [2.24, 2.45) is 0 Å². The fourth-order valence-corrected chi connectivity index (χ4v) is 3.20. The predicted molar refractivity (Wildman–Crippen MR) is 98.7 cm³/mol. The van der Waals surface area contributed by atoms with Crippen LogP contribution >= 0.6 is 27.3 Å². The number of thiophene rings is 1. The number of nitrogens with one attached hydrogen (secondary N) is 2. The largest absolute Gasteiger partial charge is 0.322 e. The van der Waals surface area contributed by atoms with Crippen LogP contribution in [0.25, 0.3) is 11.6 Å². The monoisotopic (exact) mass is 388 g/mol. The third kappa shape index (κ3) is 3.28. The maximum atomic E-state index is 12.2. The number of aryl methyl sites for hydroxylation is 1. The highest BCUT2D eigenvalue weighted by molar-refractivity contribution is 9.12. The summed E-state index contributed by atoms with van der Waals surface area (Å²) in [5.41, 5.74) is 2.72. The van der Waals surface area contributed by atoms with Gasteiger partial charge in [0.15, 0.2) is 0 Å². The molecule has 2 heterocycles. The summed E-state index contributed by atoms with van der Waals surface area (Å²) in [4.78, 5) is 26.1. The van der Waals surface area contributed by atoms with Crippen LogP contribution in [0.15, 0.2) is 41.4 Å². The van der Waals surface area contributed by atoms with Gasteiger partial charge in [-0.2, -0.15) is 0 Å². The molecule has 0 saturated carbocycles. The minimum absolute atomic E-state index is 0.139. The minimum atomic E-state index is -0.318. The Morgan fingerprint density at radius 3 is 2.78 bits per heavy atom. The molecule has 23 heavy (non-hydrogen) atoms. The maximum Gasteiger partial charge on any atom is 0.262 e. The van der Waals surface area contributed by atoms with Gasteiger partial charge in [0, 0.05) is 26.7 Å². The Morgan fingerprint density at radius 1 is 1.35 bits per heavy atom. The lowest BCUT2D eigenvalue weighted by molar-refractivity contribution is -0.112. The molecule has 1 aromatic heterocycles. The van der Waals surface area contributed by atoms with Gasteiger partial charge in [-0.15, -0.1) is 11.3 Å². The van der Waals surface area contributed by atoms with E-state index in [0.29, 0.717) is 11.3 Å². The topological polar surface area (TPSA) is 58.2 Å². The van der Waals surface area contributed by atoms with Crippen molar-refractivity contribution in [2.75, 3.05) is 10.6 Å². The molecule has 2 aromatic rings. The highest BCUT2D eigenvalue weighted by atomic mass is 79.9. The molecule has 2 amide bonds. The highest BCUT2D eigenvalue weighted by Crippen LogP contribution is 2.36. The molecule has 2 N–H and O–H groups in total. The molecule has 0 bridgehead atoms. The number of rotatable bonds is 3. The number of hydrogen-bond donors (Lipinski definition) is 2. The molecule has 0 unspecified atom stereocenters. The quantitative estimate of drug-likeness (QED) is 0.765. The van der Waals surface area contributed by atoms with Crippen LogP contribution in [-0.2, 0) is 9.59 Å². The van der Waals surface area contributed by atoms with E-state index in [0.717, 1.165) is 16.1 Å². The zero-order chi connectivity index (χ0) is 16.6. The Kier molecular flexibility index (Phi) is 4.19. The van der Waals surface area contributed by atoms with Crippen LogP contribution in [0, 0.1) is 6.92 Å². The van der Waals surface area contributed by atoms with Crippen LogP contribution in [0.4, 0.5) is 11.4 Å². The summed E-state index contributed by atoms with van der Waals surface area (Å²) in [5.74, 6) is -0.457. The third-order valence-corrected chi connectivity index (χ3v) is 4.66. The van der Waals surface area contributed by atoms with Crippen molar-refractivity contribution in [1.29, 1.82) is 0 Å². The molecular formula is C17H13BrN2O2S. The molecule has 0 aliphatic carbocycles. The van der Waals surface area contributed by atoms with Crippen LogP contribution in [0.3, 0.4) is 0 Å². The van der Waals surface area contributed by atoms with Crippen LogP contribution in [0.5, 0.6) is 0 Å². The first kappa shape index (κ1) is 15.7. The van der Waals surface area contributed by atoms with Crippen molar-refractivity contribution < 1.29 is 9.59 Å². The van der Waals surface area contributed by atoms with Crippen molar-refractivity contribution in [2.45, 2.75) is 6.92 Å². The molecule has 0 atom stereocenters. The smallest absolute Gasteiger partial charge is 0.262 e. The Hall–Kier alpha value is -2.18. The van der Waals surface area contributed by atoms with Gasteiger partial charge in [-0.1, -0.05) is 6.58 Å². The Balaban J connectivity index is 1.97. The number of anilines is 2. The standard InChI is InChI=1S/C17H13BrN2O2S/c1-9-3-5-12(23-9)8-14-13-7-11(19-16(21)10(2)18)4-6-15(13)20-17(14)22/h3-8H,2H2,1H3,(H,19,21)(H,20,22)/b14-8-. The van der Waals surface area contributed by atoms with Gasteiger partial charge in [0.2, 0.25) is 0 Å². The summed E-state index contributed by atoms with van der Waals surface area (Å²) in [5, 5.41) is 5.56. The summed E-state index contributed by atoms with van der Waals surface area (Å²) < 4.78 is 0.247. The average molecular weight is 389 g/mol. The van der Waals surface area contributed by atoms with Crippen molar-refractivity contribution in [1.82, 2.24) is 0 Å². The fraction of sp³-hybridized carbons (Fsp3) is 0.0588. The van der Waals surface area contributed by atoms with Crippen LogP contribution < -0.4 is 10.6 Å². The van der Waals surface area contributed by atoms with E-state index in [4.69, 9.17) is 0 Å². The molecule has 116 valence electrons. The number of benzene rings is 1. The maximum absolute atomic E-state index is 12.2. The van der Waals surface area contributed by atoms with Gasteiger partial charge in [-0.05, 0) is 59.3 Å². The second kappa shape index (κ2) is 6.14. The lowest BCUT2D eigenvalue weighted by Gasteiger charge is -2.06. The summed E-state index contributed by atoms with van der Waals surface area (Å²) >= 11 is 4.67. The zero-order valence-electron chi connectivity index (χ0n) is 12.3. The van der Waals surface area contributed by atoms with Gasteiger partial charge in [0.05, 0.1) is 10.1 Å². The number of halogens is 1. The minimum Gasteiger partial charge on any atom is -0.322 e. The first-order chi connectivity index (χ1) is 10.9. The molecule has 1 aromatic carbocycles. The van der Waals surface area contributed by atoms with Crippen molar-refractivity contribution in [3.05, 3.63) is 56.7 Å². The molecule has 0 radical (unpaired) electrons. The first-order valence-corrected chi connectivity index (χ1v) is 8.44. The normalized spacial score (nSPS) is 14.5. The second-order valence-corrected chi connectivity index (χ2v) is 7.36. The van der Waals surface area contributed by atoms with E-state index in [1.165, 1.54) is 4.88 Å². The summed E-state index contributed by atoms with van der Waals surface area (Å²) in [6.45, 7) is 5.56.